The number of hydrogen-bond donors (Lipinski definition) is 0. The van der Waals surface area contributed by atoms with E-state index >= 15 is 0 Å². The van der Waals surface area contributed by atoms with Gasteiger partial charge in [0.2, 0.25) is 0 Å². The summed E-state index contributed by atoms with van der Waals surface area (Å²) in [6.45, 7) is 8.56. The number of carbonyl (C=O) groups excluding carboxylic acids is 1. The summed E-state index contributed by atoms with van der Waals surface area (Å²) in [5, 5.41) is 8.93. The minimum Gasteiger partial charge on any atom is -0.369 e. The normalized spacial score (nSPS) is 10.1. The monoisotopic (exact) mass is 230 g/mol. The van der Waals surface area contributed by atoms with Gasteiger partial charge < -0.3 is 4.90 Å². The molecular formula is C14H18N2O. The molecule has 1 aromatic carbocycles. The molecule has 0 N–H and O–H groups in total. The summed E-state index contributed by atoms with van der Waals surface area (Å²) in [4.78, 5) is 13.7. The average molecular weight is 230 g/mol. The third kappa shape index (κ3) is 2.85. The highest BCUT2D eigenvalue weighted by atomic mass is 16.1. The van der Waals surface area contributed by atoms with Crippen LogP contribution in [0, 0.1) is 11.3 Å². The highest BCUT2D eigenvalue weighted by Gasteiger charge is 2.15. The van der Waals surface area contributed by atoms with Gasteiger partial charge in [-0.2, -0.15) is 5.26 Å². The summed E-state index contributed by atoms with van der Waals surface area (Å²) in [6.07, 6.45) is 0. The standard InChI is InChI=1S/C14H18N2O/c1-5-16(10(2)3)14-8-12(9-15)6-7-13(14)11(4)17/h6-8,10H,5H2,1-4H3. The number of Topliss-reactive ketones (excluding diaryl/α,β-unsaturated/α-hetero) is 1. The highest BCUT2D eigenvalue weighted by Crippen LogP contribution is 2.24. The van der Waals surface area contributed by atoms with Crippen LogP contribution in [0.2, 0.25) is 0 Å². The predicted molar refractivity (Wildman–Crippen MR) is 69.3 cm³/mol. The van der Waals surface area contributed by atoms with Crippen LogP contribution in [0.3, 0.4) is 0 Å². The lowest BCUT2D eigenvalue weighted by molar-refractivity contribution is 0.101. The Bertz CT molecular complexity index is 458. The molecule has 3 heteroatoms. The van der Waals surface area contributed by atoms with E-state index in [1.54, 1.807) is 25.1 Å². The van der Waals surface area contributed by atoms with Crippen molar-refractivity contribution >= 4 is 11.5 Å². The molecule has 0 radical (unpaired) electrons. The van der Waals surface area contributed by atoms with Crippen LogP contribution < -0.4 is 4.90 Å². The van der Waals surface area contributed by atoms with E-state index in [1.807, 2.05) is 6.92 Å². The number of nitriles is 1. The lowest BCUT2D eigenvalue weighted by Gasteiger charge is -2.29. The molecule has 90 valence electrons. The van der Waals surface area contributed by atoms with Crippen molar-refractivity contribution in [3.05, 3.63) is 29.3 Å². The van der Waals surface area contributed by atoms with Gasteiger partial charge in [0.05, 0.1) is 11.6 Å². The van der Waals surface area contributed by atoms with E-state index in [2.05, 4.69) is 24.8 Å². The van der Waals surface area contributed by atoms with Crippen LogP contribution in [0.4, 0.5) is 5.69 Å². The highest BCUT2D eigenvalue weighted by molar-refractivity contribution is 6.00. The zero-order valence-electron chi connectivity index (χ0n) is 10.8. The maximum absolute atomic E-state index is 11.6. The molecule has 0 saturated carbocycles. The van der Waals surface area contributed by atoms with E-state index < -0.39 is 0 Å². The number of carbonyl (C=O) groups is 1. The van der Waals surface area contributed by atoms with E-state index in [9.17, 15) is 4.79 Å². The molecule has 0 aliphatic rings. The first-order chi connectivity index (χ1) is 8.01. The lowest BCUT2D eigenvalue weighted by atomic mass is 10.0. The van der Waals surface area contributed by atoms with Gasteiger partial charge in [-0.1, -0.05) is 0 Å². The van der Waals surface area contributed by atoms with Crippen LogP contribution >= 0.6 is 0 Å². The molecule has 17 heavy (non-hydrogen) atoms. The maximum Gasteiger partial charge on any atom is 0.161 e. The zero-order valence-corrected chi connectivity index (χ0v) is 10.8. The van der Waals surface area contributed by atoms with E-state index in [4.69, 9.17) is 5.26 Å². The van der Waals surface area contributed by atoms with Gasteiger partial charge in [0.15, 0.2) is 5.78 Å². The summed E-state index contributed by atoms with van der Waals surface area (Å²) in [6, 6.07) is 7.63. The van der Waals surface area contributed by atoms with Crippen molar-refractivity contribution in [2.45, 2.75) is 33.7 Å². The number of nitrogens with zero attached hydrogens (tertiary/aromatic N) is 2. The van der Waals surface area contributed by atoms with Crippen molar-refractivity contribution in [3.63, 3.8) is 0 Å². The van der Waals surface area contributed by atoms with Crippen LogP contribution in [-0.2, 0) is 0 Å². The summed E-state index contributed by atoms with van der Waals surface area (Å²) in [5.74, 6) is 0.0311. The number of benzene rings is 1. The first kappa shape index (κ1) is 13.2. The fraction of sp³-hybridized carbons (Fsp3) is 0.429. The van der Waals surface area contributed by atoms with Gasteiger partial charge >= 0.3 is 0 Å². The van der Waals surface area contributed by atoms with Crippen LogP contribution in [0.15, 0.2) is 18.2 Å². The Kier molecular flexibility index (Phi) is 4.28. The minimum atomic E-state index is 0.0311. The van der Waals surface area contributed by atoms with E-state index in [0.29, 0.717) is 17.2 Å². The molecule has 3 nitrogen and oxygen atoms in total. The summed E-state index contributed by atoms with van der Waals surface area (Å²) < 4.78 is 0. The molecule has 0 amide bonds. The first-order valence-corrected chi connectivity index (χ1v) is 5.83. The number of hydrogen-bond acceptors (Lipinski definition) is 3. The number of anilines is 1. The molecular weight excluding hydrogens is 212 g/mol. The van der Waals surface area contributed by atoms with Crippen LogP contribution in [-0.4, -0.2) is 18.4 Å². The minimum absolute atomic E-state index is 0.0311. The van der Waals surface area contributed by atoms with Crippen LogP contribution in [0.1, 0.15) is 43.6 Å². The Balaban J connectivity index is 3.36. The van der Waals surface area contributed by atoms with E-state index in [1.165, 1.54) is 0 Å². The van der Waals surface area contributed by atoms with Crippen molar-refractivity contribution in [1.82, 2.24) is 0 Å². The van der Waals surface area contributed by atoms with Crippen molar-refractivity contribution in [3.8, 4) is 6.07 Å². The van der Waals surface area contributed by atoms with Crippen molar-refractivity contribution in [2.75, 3.05) is 11.4 Å². The Labute approximate surface area is 103 Å². The molecule has 0 bridgehead atoms. The lowest BCUT2D eigenvalue weighted by Crippen LogP contribution is -2.31. The smallest absolute Gasteiger partial charge is 0.161 e. The number of rotatable bonds is 4. The predicted octanol–water partition coefficient (Wildman–Crippen LogP) is 3.00. The third-order valence-electron chi connectivity index (χ3n) is 2.78. The van der Waals surface area contributed by atoms with Gasteiger partial charge in [-0.15, -0.1) is 0 Å². The molecule has 0 heterocycles. The zero-order chi connectivity index (χ0) is 13.0. The van der Waals surface area contributed by atoms with E-state index in [0.717, 1.165) is 12.2 Å². The van der Waals surface area contributed by atoms with Crippen molar-refractivity contribution < 1.29 is 4.79 Å². The molecule has 0 spiro atoms. The molecule has 0 atom stereocenters. The number of ketones is 1. The topological polar surface area (TPSA) is 44.1 Å². The second-order valence-corrected chi connectivity index (χ2v) is 4.28. The molecule has 1 rings (SSSR count). The molecule has 0 aliphatic heterocycles. The molecule has 0 saturated heterocycles. The maximum atomic E-state index is 11.6. The Morgan fingerprint density at radius 3 is 2.53 bits per heavy atom. The largest absolute Gasteiger partial charge is 0.369 e. The molecule has 0 fully saturated rings. The van der Waals surface area contributed by atoms with Gasteiger partial charge in [0.1, 0.15) is 0 Å². The van der Waals surface area contributed by atoms with Crippen LogP contribution in [0.5, 0.6) is 0 Å². The van der Waals surface area contributed by atoms with Crippen LogP contribution in [0.25, 0.3) is 0 Å². The van der Waals surface area contributed by atoms with Gasteiger partial charge in [0, 0.05) is 23.8 Å². The Morgan fingerprint density at radius 2 is 2.12 bits per heavy atom. The van der Waals surface area contributed by atoms with Gasteiger partial charge in [-0.3, -0.25) is 4.79 Å². The SMILES string of the molecule is CCN(c1cc(C#N)ccc1C(C)=O)C(C)C. The average Bonchev–Trinajstić information content (AvgIpc) is 2.29. The van der Waals surface area contributed by atoms with Crippen molar-refractivity contribution in [1.29, 1.82) is 5.26 Å². The first-order valence-electron chi connectivity index (χ1n) is 5.83. The Morgan fingerprint density at radius 1 is 1.47 bits per heavy atom. The molecule has 0 aromatic heterocycles. The third-order valence-corrected chi connectivity index (χ3v) is 2.78. The second-order valence-electron chi connectivity index (χ2n) is 4.28. The van der Waals surface area contributed by atoms with Gasteiger partial charge in [-0.25, -0.2) is 0 Å². The second kappa shape index (κ2) is 5.49. The van der Waals surface area contributed by atoms with Gasteiger partial charge in [-0.05, 0) is 45.9 Å². The molecule has 0 unspecified atom stereocenters. The molecule has 1 aromatic rings. The van der Waals surface area contributed by atoms with Crippen molar-refractivity contribution in [2.24, 2.45) is 0 Å². The fourth-order valence-corrected chi connectivity index (χ4v) is 1.95. The van der Waals surface area contributed by atoms with E-state index in [-0.39, 0.29) is 5.78 Å². The summed E-state index contributed by atoms with van der Waals surface area (Å²) in [7, 11) is 0. The molecule has 0 aliphatic carbocycles. The fourth-order valence-electron chi connectivity index (χ4n) is 1.95. The van der Waals surface area contributed by atoms with Gasteiger partial charge in [0.25, 0.3) is 0 Å². The Hall–Kier alpha value is -1.82. The quantitative estimate of drug-likeness (QED) is 0.747. The summed E-state index contributed by atoms with van der Waals surface area (Å²) in [5.41, 5.74) is 2.12. The summed E-state index contributed by atoms with van der Waals surface area (Å²) >= 11 is 0.